The van der Waals surface area contributed by atoms with Crippen LogP contribution in [0.15, 0.2) is 41.4 Å². The first kappa shape index (κ1) is 19.0. The molecule has 0 N–H and O–H groups in total. The summed E-state index contributed by atoms with van der Waals surface area (Å²) in [6, 6.07) is 11.0. The molecule has 0 unspecified atom stereocenters. The minimum absolute atomic E-state index is 0.266. The molecular weight excluding hydrogens is 360 g/mol. The van der Waals surface area contributed by atoms with Crippen LogP contribution in [0.2, 0.25) is 0 Å². The van der Waals surface area contributed by atoms with E-state index in [0.717, 1.165) is 21.3 Å². The van der Waals surface area contributed by atoms with Crippen molar-refractivity contribution in [1.82, 2.24) is 4.57 Å². The SMILES string of the molecule is CCOC(=O)c1ccc2c(c1)sc(=NC(=O)c1ccc(C)c(C)c1)n2CC. The minimum atomic E-state index is -0.347. The number of rotatable bonds is 4. The van der Waals surface area contributed by atoms with E-state index in [1.807, 2.05) is 43.5 Å². The molecule has 3 aromatic rings. The summed E-state index contributed by atoms with van der Waals surface area (Å²) in [5, 5.41) is 0. The fourth-order valence-electron chi connectivity index (χ4n) is 2.83. The Hall–Kier alpha value is -2.73. The van der Waals surface area contributed by atoms with Crippen LogP contribution in [0.1, 0.15) is 45.7 Å². The molecule has 2 aromatic carbocycles. The molecule has 0 saturated heterocycles. The van der Waals surface area contributed by atoms with Crippen LogP contribution in [0.5, 0.6) is 0 Å². The Morgan fingerprint density at radius 1 is 1.04 bits per heavy atom. The molecule has 0 aliphatic rings. The largest absolute Gasteiger partial charge is 0.462 e. The highest BCUT2D eigenvalue weighted by Crippen LogP contribution is 2.20. The van der Waals surface area contributed by atoms with Gasteiger partial charge in [-0.3, -0.25) is 4.79 Å². The summed E-state index contributed by atoms with van der Waals surface area (Å²) in [6.45, 7) is 8.79. The Kier molecular flexibility index (Phi) is 5.56. The van der Waals surface area contributed by atoms with Crippen LogP contribution < -0.4 is 4.80 Å². The van der Waals surface area contributed by atoms with E-state index in [-0.39, 0.29) is 11.9 Å². The predicted octanol–water partition coefficient (Wildman–Crippen LogP) is 4.26. The highest BCUT2D eigenvalue weighted by atomic mass is 32.1. The third-order valence-corrected chi connectivity index (χ3v) is 5.50. The van der Waals surface area contributed by atoms with Gasteiger partial charge in [0.1, 0.15) is 0 Å². The van der Waals surface area contributed by atoms with Gasteiger partial charge in [0.2, 0.25) is 0 Å². The average molecular weight is 382 g/mol. The van der Waals surface area contributed by atoms with Crippen LogP contribution in [-0.2, 0) is 11.3 Å². The molecule has 6 heteroatoms. The van der Waals surface area contributed by atoms with Gasteiger partial charge in [0.05, 0.1) is 22.4 Å². The second-order valence-electron chi connectivity index (χ2n) is 6.25. The molecule has 0 atom stereocenters. The number of aryl methyl sites for hydroxylation is 3. The van der Waals surface area contributed by atoms with Crippen molar-refractivity contribution in [1.29, 1.82) is 0 Å². The van der Waals surface area contributed by atoms with E-state index in [0.29, 0.717) is 29.1 Å². The van der Waals surface area contributed by atoms with E-state index in [1.54, 1.807) is 25.1 Å². The highest BCUT2D eigenvalue weighted by molar-refractivity contribution is 7.16. The molecule has 1 heterocycles. The lowest BCUT2D eigenvalue weighted by Crippen LogP contribution is -2.16. The molecule has 0 spiro atoms. The van der Waals surface area contributed by atoms with Gasteiger partial charge in [-0.2, -0.15) is 4.99 Å². The maximum absolute atomic E-state index is 12.6. The summed E-state index contributed by atoms with van der Waals surface area (Å²) in [7, 11) is 0. The van der Waals surface area contributed by atoms with Crippen molar-refractivity contribution in [3.63, 3.8) is 0 Å². The number of amides is 1. The van der Waals surface area contributed by atoms with Crippen LogP contribution >= 0.6 is 11.3 Å². The van der Waals surface area contributed by atoms with Gasteiger partial charge < -0.3 is 9.30 Å². The standard InChI is InChI=1S/C21H22N2O3S/c1-5-23-17-10-9-16(20(25)26-6-2)12-18(17)27-21(23)22-19(24)15-8-7-13(3)14(4)11-15/h7-12H,5-6H2,1-4H3. The number of ether oxygens (including phenoxy) is 1. The fraction of sp³-hybridized carbons (Fsp3) is 0.286. The predicted molar refractivity (Wildman–Crippen MR) is 107 cm³/mol. The second-order valence-corrected chi connectivity index (χ2v) is 7.26. The van der Waals surface area contributed by atoms with E-state index in [2.05, 4.69) is 4.99 Å². The summed E-state index contributed by atoms with van der Waals surface area (Å²) >= 11 is 1.40. The van der Waals surface area contributed by atoms with Gasteiger partial charge in [-0.1, -0.05) is 17.4 Å². The van der Waals surface area contributed by atoms with Gasteiger partial charge in [0.25, 0.3) is 5.91 Å². The van der Waals surface area contributed by atoms with Crippen molar-refractivity contribution in [2.75, 3.05) is 6.61 Å². The first-order valence-corrected chi connectivity index (χ1v) is 9.73. The van der Waals surface area contributed by atoms with Crippen molar-refractivity contribution in [2.24, 2.45) is 4.99 Å². The van der Waals surface area contributed by atoms with Crippen molar-refractivity contribution in [2.45, 2.75) is 34.2 Å². The van der Waals surface area contributed by atoms with Crippen molar-refractivity contribution < 1.29 is 14.3 Å². The van der Waals surface area contributed by atoms with Crippen LogP contribution in [0.4, 0.5) is 0 Å². The molecule has 1 aromatic heterocycles. The van der Waals surface area contributed by atoms with Gasteiger partial charge in [0.15, 0.2) is 4.80 Å². The molecule has 5 nitrogen and oxygen atoms in total. The van der Waals surface area contributed by atoms with Crippen LogP contribution in [0, 0.1) is 13.8 Å². The Bertz CT molecular complexity index is 1090. The topological polar surface area (TPSA) is 60.7 Å². The molecule has 1 amide bonds. The number of nitrogens with zero attached hydrogens (tertiary/aromatic N) is 2. The zero-order chi connectivity index (χ0) is 19.6. The lowest BCUT2D eigenvalue weighted by atomic mass is 10.1. The van der Waals surface area contributed by atoms with Crippen LogP contribution in [0.3, 0.4) is 0 Å². The smallest absolute Gasteiger partial charge is 0.338 e. The van der Waals surface area contributed by atoms with Crippen LogP contribution in [0.25, 0.3) is 10.2 Å². The van der Waals surface area contributed by atoms with E-state index >= 15 is 0 Å². The quantitative estimate of drug-likeness (QED) is 0.634. The molecule has 0 fully saturated rings. The lowest BCUT2D eigenvalue weighted by molar-refractivity contribution is 0.0526. The molecule has 0 aliphatic heterocycles. The summed E-state index contributed by atoms with van der Waals surface area (Å²) in [5.74, 6) is -0.613. The lowest BCUT2D eigenvalue weighted by Gasteiger charge is -2.03. The molecule has 0 aliphatic carbocycles. The van der Waals surface area contributed by atoms with Crippen molar-refractivity contribution in [3.8, 4) is 0 Å². The zero-order valence-electron chi connectivity index (χ0n) is 15.9. The average Bonchev–Trinajstić information content (AvgIpc) is 3.00. The number of aromatic nitrogens is 1. The first-order valence-electron chi connectivity index (χ1n) is 8.91. The zero-order valence-corrected chi connectivity index (χ0v) is 16.7. The van der Waals surface area contributed by atoms with Gasteiger partial charge in [-0.15, -0.1) is 0 Å². The maximum atomic E-state index is 12.6. The Labute approximate surface area is 161 Å². The monoisotopic (exact) mass is 382 g/mol. The number of hydrogen-bond donors (Lipinski definition) is 0. The molecule has 3 rings (SSSR count). The second kappa shape index (κ2) is 7.88. The van der Waals surface area contributed by atoms with Crippen molar-refractivity contribution >= 4 is 33.4 Å². The molecule has 27 heavy (non-hydrogen) atoms. The number of carbonyl (C=O) groups excluding carboxylic acids is 2. The highest BCUT2D eigenvalue weighted by Gasteiger charge is 2.12. The molecule has 0 bridgehead atoms. The summed E-state index contributed by atoms with van der Waals surface area (Å²) < 4.78 is 7.94. The normalized spacial score (nSPS) is 11.8. The summed E-state index contributed by atoms with van der Waals surface area (Å²) in [5.41, 5.74) is 4.23. The number of fused-ring (bicyclic) bond motifs is 1. The van der Waals surface area contributed by atoms with Crippen molar-refractivity contribution in [3.05, 3.63) is 63.5 Å². The number of hydrogen-bond acceptors (Lipinski definition) is 4. The van der Waals surface area contributed by atoms with Gasteiger partial charge in [0, 0.05) is 12.1 Å². The Morgan fingerprint density at radius 3 is 2.44 bits per heavy atom. The number of thiazole rings is 1. The molecule has 140 valence electrons. The van der Waals surface area contributed by atoms with E-state index < -0.39 is 0 Å². The fourth-order valence-corrected chi connectivity index (χ4v) is 3.96. The summed E-state index contributed by atoms with van der Waals surface area (Å²) in [6.07, 6.45) is 0. The molecule has 0 saturated carbocycles. The number of carbonyl (C=O) groups is 2. The minimum Gasteiger partial charge on any atom is -0.462 e. The van der Waals surface area contributed by atoms with E-state index in [4.69, 9.17) is 4.74 Å². The first-order chi connectivity index (χ1) is 12.9. The van der Waals surface area contributed by atoms with E-state index in [9.17, 15) is 9.59 Å². The van der Waals surface area contributed by atoms with E-state index in [1.165, 1.54) is 11.3 Å². The number of esters is 1. The maximum Gasteiger partial charge on any atom is 0.338 e. The third kappa shape index (κ3) is 3.85. The summed E-state index contributed by atoms with van der Waals surface area (Å²) in [4.78, 5) is 29.6. The Balaban J connectivity index is 2.07. The van der Waals surface area contributed by atoms with Gasteiger partial charge >= 0.3 is 5.97 Å². The van der Waals surface area contributed by atoms with Crippen LogP contribution in [-0.4, -0.2) is 23.1 Å². The Morgan fingerprint density at radius 2 is 1.78 bits per heavy atom. The number of benzene rings is 2. The third-order valence-electron chi connectivity index (χ3n) is 4.46. The molecular formula is C21H22N2O3S. The molecule has 0 radical (unpaired) electrons. The van der Waals surface area contributed by atoms with Gasteiger partial charge in [-0.25, -0.2) is 4.79 Å². The van der Waals surface area contributed by atoms with Gasteiger partial charge in [-0.05, 0) is 69.2 Å².